The van der Waals surface area contributed by atoms with Crippen LogP contribution < -0.4 is 0 Å². The van der Waals surface area contributed by atoms with Gasteiger partial charge in [0.15, 0.2) is 24.0 Å². The molecular formula is C26H23F3N2O4S. The van der Waals surface area contributed by atoms with E-state index in [1.807, 2.05) is 0 Å². The Hall–Kier alpha value is -3.53. The Kier molecular flexibility index (Phi) is 7.83. The third-order valence-corrected chi connectivity index (χ3v) is 6.96. The molecule has 10 heteroatoms. The fourth-order valence-corrected chi connectivity index (χ4v) is 5.04. The molecule has 36 heavy (non-hydrogen) atoms. The lowest BCUT2D eigenvalue weighted by molar-refractivity contribution is -0.143. The van der Waals surface area contributed by atoms with Crippen LogP contribution in [-0.2, 0) is 9.53 Å². The minimum Gasteiger partial charge on any atom is -0.457 e. The number of ether oxygens (including phenoxy) is 1. The van der Waals surface area contributed by atoms with E-state index in [1.165, 1.54) is 29.5 Å². The molecule has 0 radical (unpaired) electrons. The molecule has 1 unspecified atom stereocenters. The average Bonchev–Trinajstić information content (AvgIpc) is 3.26. The van der Waals surface area contributed by atoms with Crippen molar-refractivity contribution < 1.29 is 32.3 Å². The summed E-state index contributed by atoms with van der Waals surface area (Å²) in [6.07, 6.45) is 2.01. The summed E-state index contributed by atoms with van der Waals surface area (Å²) in [4.78, 5) is 44.5. The molecule has 0 spiro atoms. The second kappa shape index (κ2) is 11.0. The molecule has 1 aromatic heterocycles. The normalized spacial score (nSPS) is 15.6. The van der Waals surface area contributed by atoms with Gasteiger partial charge in [-0.15, -0.1) is 11.3 Å². The lowest BCUT2D eigenvalue weighted by atomic mass is 9.98. The molecule has 1 atom stereocenters. The number of aryl methyl sites for hydroxylation is 1. The average molecular weight is 517 g/mol. The van der Waals surface area contributed by atoms with Gasteiger partial charge in [-0.1, -0.05) is 6.07 Å². The predicted octanol–water partition coefficient (Wildman–Crippen LogP) is 5.35. The number of nitrogens with zero attached hydrogens (tertiary/aromatic N) is 2. The van der Waals surface area contributed by atoms with Crippen LogP contribution in [0.1, 0.15) is 51.5 Å². The monoisotopic (exact) mass is 516 g/mol. The molecular weight excluding hydrogens is 493 g/mol. The first-order valence-electron chi connectivity index (χ1n) is 11.4. The molecule has 6 nitrogen and oxygen atoms in total. The number of benzene rings is 2. The van der Waals surface area contributed by atoms with Crippen molar-refractivity contribution >= 4 is 29.0 Å². The van der Waals surface area contributed by atoms with Crippen LogP contribution in [0.4, 0.5) is 13.2 Å². The molecule has 0 bridgehead atoms. The van der Waals surface area contributed by atoms with Crippen molar-refractivity contribution in [3.8, 4) is 10.4 Å². The summed E-state index contributed by atoms with van der Waals surface area (Å²) in [5.41, 5.74) is 0.688. The number of hydrogen-bond donors (Lipinski definition) is 0. The zero-order chi connectivity index (χ0) is 25.8. The van der Waals surface area contributed by atoms with E-state index in [0.717, 1.165) is 37.1 Å². The van der Waals surface area contributed by atoms with Crippen LogP contribution in [-0.4, -0.2) is 46.7 Å². The number of thiazole rings is 1. The third-order valence-electron chi connectivity index (χ3n) is 5.94. The number of esters is 1. The molecule has 0 N–H and O–H groups in total. The summed E-state index contributed by atoms with van der Waals surface area (Å²) in [5, 5.41) is 0.588. The maximum Gasteiger partial charge on any atom is 0.308 e. The molecule has 2 aromatic carbocycles. The first-order valence-corrected chi connectivity index (χ1v) is 12.2. The fraction of sp³-hybridized carbons (Fsp3) is 0.308. The van der Waals surface area contributed by atoms with Crippen LogP contribution in [0.15, 0.2) is 42.5 Å². The van der Waals surface area contributed by atoms with Gasteiger partial charge in [-0.3, -0.25) is 14.4 Å². The molecule has 0 aliphatic carbocycles. The highest BCUT2D eigenvalue weighted by Crippen LogP contribution is 2.33. The van der Waals surface area contributed by atoms with Crippen LogP contribution >= 0.6 is 11.3 Å². The Morgan fingerprint density at radius 1 is 1.06 bits per heavy atom. The number of hydrogen-bond acceptors (Lipinski definition) is 6. The second-order valence-electron chi connectivity index (χ2n) is 8.48. The largest absolute Gasteiger partial charge is 0.457 e. The predicted molar refractivity (Wildman–Crippen MR) is 127 cm³/mol. The lowest BCUT2D eigenvalue weighted by Gasteiger charge is -2.35. The molecule has 188 valence electrons. The van der Waals surface area contributed by atoms with Gasteiger partial charge >= 0.3 is 5.97 Å². The van der Waals surface area contributed by atoms with E-state index < -0.39 is 47.8 Å². The highest BCUT2D eigenvalue weighted by Gasteiger charge is 2.33. The van der Waals surface area contributed by atoms with Crippen LogP contribution in [0.2, 0.25) is 0 Å². The number of aromatic nitrogens is 1. The van der Waals surface area contributed by atoms with Crippen molar-refractivity contribution in [2.45, 2.75) is 38.6 Å². The number of ketones is 1. The van der Waals surface area contributed by atoms with Crippen LogP contribution in [0.5, 0.6) is 0 Å². The highest BCUT2D eigenvalue weighted by atomic mass is 32.1. The summed E-state index contributed by atoms with van der Waals surface area (Å²) < 4.78 is 45.4. The SMILES string of the molecule is Cc1nc(C(=O)N2CCCCC2CC(=O)OCC(=O)c2ccc(F)cc2)c(-c2ccc(F)c(F)c2)s1. The minimum atomic E-state index is -1.02. The molecule has 2 heterocycles. The van der Waals surface area contributed by atoms with Gasteiger partial charge in [0.25, 0.3) is 5.91 Å². The molecule has 1 saturated heterocycles. The van der Waals surface area contributed by atoms with Crippen LogP contribution in [0.25, 0.3) is 10.4 Å². The summed E-state index contributed by atoms with van der Waals surface area (Å²) in [7, 11) is 0. The first kappa shape index (κ1) is 25.6. The highest BCUT2D eigenvalue weighted by molar-refractivity contribution is 7.15. The Morgan fingerprint density at radius 3 is 2.53 bits per heavy atom. The van der Waals surface area contributed by atoms with E-state index in [2.05, 4.69) is 4.98 Å². The van der Waals surface area contributed by atoms with Gasteiger partial charge in [-0.2, -0.15) is 0 Å². The second-order valence-corrected chi connectivity index (χ2v) is 9.69. The molecule has 3 aromatic rings. The number of rotatable bonds is 7. The molecule has 1 amide bonds. The Morgan fingerprint density at radius 2 is 1.81 bits per heavy atom. The Bertz CT molecular complexity index is 1290. The number of halogens is 3. The van der Waals surface area contributed by atoms with Crippen LogP contribution in [0.3, 0.4) is 0 Å². The maximum atomic E-state index is 13.8. The van der Waals surface area contributed by atoms with Crippen molar-refractivity contribution in [1.82, 2.24) is 9.88 Å². The first-order chi connectivity index (χ1) is 17.2. The van der Waals surface area contributed by atoms with Gasteiger partial charge in [0.05, 0.1) is 16.3 Å². The van der Waals surface area contributed by atoms with Crippen molar-refractivity contribution in [3.05, 3.63) is 76.2 Å². The van der Waals surface area contributed by atoms with Crippen molar-refractivity contribution in [1.29, 1.82) is 0 Å². The molecule has 0 saturated carbocycles. The number of piperidine rings is 1. The minimum absolute atomic E-state index is 0.105. The van der Waals surface area contributed by atoms with E-state index >= 15 is 0 Å². The van der Waals surface area contributed by atoms with E-state index in [1.54, 1.807) is 11.8 Å². The summed E-state index contributed by atoms with van der Waals surface area (Å²) >= 11 is 1.20. The number of Topliss-reactive ketones (excluding diaryl/α,β-unsaturated/α-hetero) is 1. The van der Waals surface area contributed by atoms with E-state index in [4.69, 9.17) is 4.74 Å². The van der Waals surface area contributed by atoms with Gasteiger partial charge in [0, 0.05) is 18.2 Å². The van der Waals surface area contributed by atoms with E-state index in [9.17, 15) is 27.6 Å². The van der Waals surface area contributed by atoms with E-state index in [-0.39, 0.29) is 17.7 Å². The molecule has 4 rings (SSSR count). The number of likely N-dealkylation sites (tertiary alicyclic amines) is 1. The van der Waals surface area contributed by atoms with Gasteiger partial charge in [-0.05, 0) is 68.1 Å². The van der Waals surface area contributed by atoms with Crippen LogP contribution in [0, 0.1) is 24.4 Å². The van der Waals surface area contributed by atoms with Gasteiger partial charge in [0.2, 0.25) is 0 Å². The van der Waals surface area contributed by atoms with Gasteiger partial charge in [0.1, 0.15) is 11.5 Å². The summed E-state index contributed by atoms with van der Waals surface area (Å²) in [6, 6.07) is 7.89. The molecule has 1 fully saturated rings. The quantitative estimate of drug-likeness (QED) is 0.313. The Balaban J connectivity index is 1.45. The fourth-order valence-electron chi connectivity index (χ4n) is 4.14. The zero-order valence-corrected chi connectivity index (χ0v) is 20.2. The molecule has 1 aliphatic rings. The number of carbonyl (C=O) groups is 3. The van der Waals surface area contributed by atoms with Crippen molar-refractivity contribution in [2.75, 3.05) is 13.2 Å². The van der Waals surface area contributed by atoms with Gasteiger partial charge < -0.3 is 9.64 Å². The molecule has 1 aliphatic heterocycles. The van der Waals surface area contributed by atoms with Gasteiger partial charge in [-0.25, -0.2) is 18.2 Å². The maximum absolute atomic E-state index is 13.8. The smallest absolute Gasteiger partial charge is 0.308 e. The third kappa shape index (κ3) is 5.81. The lowest BCUT2D eigenvalue weighted by Crippen LogP contribution is -2.45. The Labute approximate surface area is 209 Å². The summed E-state index contributed by atoms with van der Waals surface area (Å²) in [5.74, 6) is -3.99. The number of amides is 1. The standard InChI is InChI=1S/C26H23F3N2O4S/c1-15-30-24(25(36-15)17-7-10-20(28)21(29)12-17)26(34)31-11-3-2-4-19(31)13-23(33)35-14-22(32)16-5-8-18(27)9-6-16/h5-10,12,19H,2-4,11,13-14H2,1H3. The number of carbonyl (C=O) groups excluding carboxylic acids is 3. The zero-order valence-electron chi connectivity index (χ0n) is 19.4. The summed E-state index contributed by atoms with van der Waals surface area (Å²) in [6.45, 7) is 1.63. The van der Waals surface area contributed by atoms with Crippen molar-refractivity contribution in [3.63, 3.8) is 0 Å². The topological polar surface area (TPSA) is 76.6 Å². The van der Waals surface area contributed by atoms with Crippen molar-refractivity contribution in [2.24, 2.45) is 0 Å². The van der Waals surface area contributed by atoms with E-state index in [0.29, 0.717) is 28.4 Å².